The molecule has 1 N–H and O–H groups in total. The number of nitrogens with one attached hydrogen (secondary N) is 1. The van der Waals surface area contributed by atoms with Crippen LogP contribution >= 0.6 is 0 Å². The molecular formula is C14H26N4. The van der Waals surface area contributed by atoms with Crippen LogP contribution in [0.2, 0.25) is 0 Å². The van der Waals surface area contributed by atoms with E-state index >= 15 is 0 Å². The van der Waals surface area contributed by atoms with Crippen molar-refractivity contribution in [3.8, 4) is 0 Å². The number of aromatic nitrogens is 2. The molecule has 0 spiro atoms. The molecule has 0 amide bonds. The van der Waals surface area contributed by atoms with Crippen molar-refractivity contribution in [2.45, 2.75) is 51.2 Å². The predicted octanol–water partition coefficient (Wildman–Crippen LogP) is 1.77. The molecule has 1 saturated carbocycles. The molecule has 1 aromatic rings. The second-order valence-electron chi connectivity index (χ2n) is 5.68. The molecule has 1 unspecified atom stereocenters. The summed E-state index contributed by atoms with van der Waals surface area (Å²) in [5.41, 5.74) is 1.28. The minimum absolute atomic E-state index is 0.561. The van der Waals surface area contributed by atoms with E-state index in [0.717, 1.165) is 19.1 Å². The van der Waals surface area contributed by atoms with Crippen molar-refractivity contribution >= 4 is 0 Å². The van der Waals surface area contributed by atoms with Gasteiger partial charge in [0.1, 0.15) is 0 Å². The lowest BCUT2D eigenvalue weighted by Crippen LogP contribution is -2.40. The van der Waals surface area contributed by atoms with E-state index in [4.69, 9.17) is 0 Å². The quantitative estimate of drug-likeness (QED) is 0.835. The zero-order chi connectivity index (χ0) is 13.0. The van der Waals surface area contributed by atoms with Crippen molar-refractivity contribution in [1.82, 2.24) is 20.0 Å². The normalized spacial score (nSPS) is 18.7. The lowest BCUT2D eigenvalue weighted by atomic mass is 10.2. The molecule has 0 aliphatic heterocycles. The second kappa shape index (κ2) is 6.34. The first-order valence-electron chi connectivity index (χ1n) is 7.06. The predicted molar refractivity (Wildman–Crippen MR) is 74.4 cm³/mol. The number of hydrogen-bond donors (Lipinski definition) is 1. The van der Waals surface area contributed by atoms with Gasteiger partial charge < -0.3 is 5.32 Å². The Bertz CT molecular complexity index is 354. The summed E-state index contributed by atoms with van der Waals surface area (Å²) in [7, 11) is 4.16. The molecule has 1 aliphatic carbocycles. The number of hydrogen-bond acceptors (Lipinski definition) is 3. The van der Waals surface area contributed by atoms with Crippen LogP contribution < -0.4 is 5.32 Å². The highest BCUT2D eigenvalue weighted by atomic mass is 15.2. The van der Waals surface area contributed by atoms with Gasteiger partial charge in [-0.2, -0.15) is 5.10 Å². The van der Waals surface area contributed by atoms with Crippen LogP contribution in [0.4, 0.5) is 0 Å². The smallest absolute Gasteiger partial charge is 0.0534 e. The Hall–Kier alpha value is -0.870. The zero-order valence-electron chi connectivity index (χ0n) is 11.9. The van der Waals surface area contributed by atoms with Crippen LogP contribution in [-0.2, 0) is 13.6 Å². The molecule has 102 valence electrons. The van der Waals surface area contributed by atoms with Crippen molar-refractivity contribution in [3.63, 3.8) is 0 Å². The molecule has 18 heavy (non-hydrogen) atoms. The Balaban J connectivity index is 1.72. The van der Waals surface area contributed by atoms with Gasteiger partial charge in [-0.25, -0.2) is 0 Å². The van der Waals surface area contributed by atoms with Crippen LogP contribution in [0.3, 0.4) is 0 Å². The van der Waals surface area contributed by atoms with E-state index in [1.807, 2.05) is 17.9 Å². The third-order valence-electron chi connectivity index (χ3n) is 4.00. The summed E-state index contributed by atoms with van der Waals surface area (Å²) in [4.78, 5) is 2.39. The van der Waals surface area contributed by atoms with Gasteiger partial charge in [-0.05, 0) is 26.8 Å². The maximum absolute atomic E-state index is 4.21. The Morgan fingerprint density at radius 1 is 1.50 bits per heavy atom. The Labute approximate surface area is 110 Å². The lowest BCUT2D eigenvalue weighted by molar-refractivity contribution is 0.237. The first kappa shape index (κ1) is 13.6. The largest absolute Gasteiger partial charge is 0.312 e. The molecule has 1 atom stereocenters. The summed E-state index contributed by atoms with van der Waals surface area (Å²) in [5, 5.41) is 7.90. The number of likely N-dealkylation sites (N-methyl/N-ethyl adjacent to an activating group) is 1. The summed E-state index contributed by atoms with van der Waals surface area (Å²) in [6.07, 6.45) is 9.56. The topological polar surface area (TPSA) is 33.1 Å². The number of rotatable bonds is 6. The van der Waals surface area contributed by atoms with E-state index in [2.05, 4.69) is 35.5 Å². The summed E-state index contributed by atoms with van der Waals surface area (Å²) in [6.45, 7) is 4.35. The SMILES string of the molecule is CC(CNC1CCCC1)N(C)Cc1cnn(C)c1. The highest BCUT2D eigenvalue weighted by Crippen LogP contribution is 2.17. The molecule has 1 fully saturated rings. The fourth-order valence-corrected chi connectivity index (χ4v) is 2.62. The van der Waals surface area contributed by atoms with Gasteiger partial charge in [0.15, 0.2) is 0 Å². The monoisotopic (exact) mass is 250 g/mol. The van der Waals surface area contributed by atoms with Crippen LogP contribution in [0.25, 0.3) is 0 Å². The first-order valence-corrected chi connectivity index (χ1v) is 7.06. The van der Waals surface area contributed by atoms with Crippen molar-refractivity contribution < 1.29 is 0 Å². The number of nitrogens with zero attached hydrogens (tertiary/aromatic N) is 3. The fourth-order valence-electron chi connectivity index (χ4n) is 2.62. The van der Waals surface area contributed by atoms with E-state index in [1.54, 1.807) is 0 Å². The van der Waals surface area contributed by atoms with E-state index in [-0.39, 0.29) is 0 Å². The molecule has 1 heterocycles. The molecule has 1 aliphatic rings. The van der Waals surface area contributed by atoms with E-state index in [1.165, 1.54) is 31.2 Å². The van der Waals surface area contributed by atoms with Gasteiger partial charge in [-0.15, -0.1) is 0 Å². The maximum atomic E-state index is 4.21. The molecule has 2 rings (SSSR count). The highest BCUT2D eigenvalue weighted by molar-refractivity contribution is 5.03. The van der Waals surface area contributed by atoms with E-state index < -0.39 is 0 Å². The van der Waals surface area contributed by atoms with Crippen LogP contribution in [0, 0.1) is 0 Å². The first-order chi connectivity index (χ1) is 8.65. The average molecular weight is 250 g/mol. The fraction of sp³-hybridized carbons (Fsp3) is 0.786. The molecule has 4 nitrogen and oxygen atoms in total. The van der Waals surface area contributed by atoms with Crippen molar-refractivity contribution in [3.05, 3.63) is 18.0 Å². The van der Waals surface area contributed by atoms with Crippen LogP contribution in [-0.4, -0.2) is 40.4 Å². The molecular weight excluding hydrogens is 224 g/mol. The van der Waals surface area contributed by atoms with Gasteiger partial charge in [0.25, 0.3) is 0 Å². The minimum Gasteiger partial charge on any atom is -0.312 e. The van der Waals surface area contributed by atoms with Gasteiger partial charge in [-0.3, -0.25) is 9.58 Å². The van der Waals surface area contributed by atoms with Crippen LogP contribution in [0.5, 0.6) is 0 Å². The Morgan fingerprint density at radius 2 is 2.22 bits per heavy atom. The van der Waals surface area contributed by atoms with E-state index in [9.17, 15) is 0 Å². The van der Waals surface area contributed by atoms with Gasteiger partial charge >= 0.3 is 0 Å². The maximum Gasteiger partial charge on any atom is 0.0534 e. The Morgan fingerprint density at radius 3 is 2.83 bits per heavy atom. The number of aryl methyl sites for hydroxylation is 1. The zero-order valence-corrected chi connectivity index (χ0v) is 11.9. The molecule has 1 aromatic heterocycles. The summed E-state index contributed by atoms with van der Waals surface area (Å²) < 4.78 is 1.87. The van der Waals surface area contributed by atoms with Crippen molar-refractivity contribution in [2.75, 3.05) is 13.6 Å². The second-order valence-corrected chi connectivity index (χ2v) is 5.68. The average Bonchev–Trinajstić information content (AvgIpc) is 2.97. The standard InChI is InChI=1S/C14H26N4/c1-12(8-15-14-6-4-5-7-14)17(2)10-13-9-16-18(3)11-13/h9,11-12,14-15H,4-8,10H2,1-3H3. The van der Waals surface area contributed by atoms with Crippen LogP contribution in [0.1, 0.15) is 38.2 Å². The highest BCUT2D eigenvalue weighted by Gasteiger charge is 2.16. The van der Waals surface area contributed by atoms with Crippen LogP contribution in [0.15, 0.2) is 12.4 Å². The minimum atomic E-state index is 0.561. The molecule has 4 heteroatoms. The van der Waals surface area contributed by atoms with Gasteiger partial charge in [0, 0.05) is 44.0 Å². The van der Waals surface area contributed by atoms with Crippen molar-refractivity contribution in [2.24, 2.45) is 7.05 Å². The third kappa shape index (κ3) is 3.82. The third-order valence-corrected chi connectivity index (χ3v) is 4.00. The molecule has 0 aromatic carbocycles. The van der Waals surface area contributed by atoms with Crippen molar-refractivity contribution in [1.29, 1.82) is 0 Å². The summed E-state index contributed by atoms with van der Waals surface area (Å²) in [6, 6.07) is 1.32. The molecule has 0 saturated heterocycles. The molecule has 0 radical (unpaired) electrons. The lowest BCUT2D eigenvalue weighted by Gasteiger charge is -2.26. The van der Waals surface area contributed by atoms with E-state index in [0.29, 0.717) is 6.04 Å². The Kier molecular flexibility index (Phi) is 4.78. The van der Waals surface area contributed by atoms with Gasteiger partial charge in [0.2, 0.25) is 0 Å². The van der Waals surface area contributed by atoms with Gasteiger partial charge in [0.05, 0.1) is 6.20 Å². The van der Waals surface area contributed by atoms with Gasteiger partial charge in [-0.1, -0.05) is 12.8 Å². The summed E-state index contributed by atoms with van der Waals surface area (Å²) >= 11 is 0. The summed E-state index contributed by atoms with van der Waals surface area (Å²) in [5.74, 6) is 0. The molecule has 0 bridgehead atoms.